The molecule has 1 aromatic rings. The van der Waals surface area contributed by atoms with E-state index in [0.717, 1.165) is 12.1 Å². The van der Waals surface area contributed by atoms with Crippen LogP contribution >= 0.6 is 0 Å². The SMILES string of the molecule is COCCCn1nnc(C(=O)OCC(C)C)c1C. The fourth-order valence-corrected chi connectivity index (χ4v) is 1.43. The predicted molar refractivity (Wildman–Crippen MR) is 66.4 cm³/mol. The van der Waals surface area contributed by atoms with Crippen LogP contribution in [0, 0.1) is 12.8 Å². The number of carbonyl (C=O) groups is 1. The van der Waals surface area contributed by atoms with Crippen LogP contribution in [0.1, 0.15) is 36.5 Å². The number of ether oxygens (including phenoxy) is 2. The molecule has 102 valence electrons. The van der Waals surface area contributed by atoms with Gasteiger partial charge in [-0.25, -0.2) is 9.48 Å². The van der Waals surface area contributed by atoms with Crippen LogP contribution in [0.3, 0.4) is 0 Å². The van der Waals surface area contributed by atoms with E-state index in [1.54, 1.807) is 11.8 Å². The van der Waals surface area contributed by atoms with Crippen molar-refractivity contribution in [1.82, 2.24) is 15.0 Å². The van der Waals surface area contributed by atoms with E-state index in [0.29, 0.717) is 31.4 Å². The van der Waals surface area contributed by atoms with Crippen LogP contribution in [-0.2, 0) is 16.0 Å². The van der Waals surface area contributed by atoms with Gasteiger partial charge in [-0.1, -0.05) is 19.1 Å². The predicted octanol–water partition coefficient (Wildman–Crippen LogP) is 1.44. The molecule has 1 aromatic heterocycles. The first-order chi connectivity index (χ1) is 8.56. The van der Waals surface area contributed by atoms with Crippen molar-refractivity contribution in [3.05, 3.63) is 11.4 Å². The number of rotatable bonds is 7. The number of nitrogens with zero attached hydrogens (tertiary/aromatic N) is 3. The molecular formula is C12H21N3O3. The van der Waals surface area contributed by atoms with E-state index in [1.165, 1.54) is 0 Å². The highest BCUT2D eigenvalue weighted by atomic mass is 16.5. The van der Waals surface area contributed by atoms with Gasteiger partial charge in [0.25, 0.3) is 0 Å². The third-order valence-electron chi connectivity index (χ3n) is 2.44. The minimum atomic E-state index is -0.404. The van der Waals surface area contributed by atoms with Gasteiger partial charge in [0, 0.05) is 20.3 Å². The van der Waals surface area contributed by atoms with Gasteiger partial charge < -0.3 is 9.47 Å². The molecule has 0 saturated carbocycles. The van der Waals surface area contributed by atoms with Crippen molar-refractivity contribution in [3.63, 3.8) is 0 Å². The lowest BCUT2D eigenvalue weighted by molar-refractivity contribution is 0.0451. The van der Waals surface area contributed by atoms with Crippen LogP contribution in [0.15, 0.2) is 0 Å². The summed E-state index contributed by atoms with van der Waals surface area (Å²) in [5.74, 6) is -0.0924. The first kappa shape index (κ1) is 14.6. The molecule has 0 aromatic carbocycles. The fraction of sp³-hybridized carbons (Fsp3) is 0.750. The van der Waals surface area contributed by atoms with Crippen molar-refractivity contribution in [1.29, 1.82) is 0 Å². The Balaban J connectivity index is 2.59. The van der Waals surface area contributed by atoms with Gasteiger partial charge in [-0.15, -0.1) is 5.10 Å². The van der Waals surface area contributed by atoms with Crippen LogP contribution in [0.25, 0.3) is 0 Å². The Bertz CT molecular complexity index is 388. The summed E-state index contributed by atoms with van der Waals surface area (Å²) in [6, 6.07) is 0. The van der Waals surface area contributed by atoms with Gasteiger partial charge in [-0.3, -0.25) is 0 Å². The number of aryl methyl sites for hydroxylation is 1. The second-order valence-corrected chi connectivity index (χ2v) is 4.59. The second kappa shape index (κ2) is 7.10. The molecule has 0 aliphatic heterocycles. The lowest BCUT2D eigenvalue weighted by Gasteiger charge is -2.06. The molecule has 1 heterocycles. The Labute approximate surface area is 107 Å². The number of hydrogen-bond donors (Lipinski definition) is 0. The number of hydrogen-bond acceptors (Lipinski definition) is 5. The van der Waals surface area contributed by atoms with Crippen molar-refractivity contribution in [2.24, 2.45) is 5.92 Å². The molecule has 0 amide bonds. The van der Waals surface area contributed by atoms with Crippen LogP contribution < -0.4 is 0 Å². The van der Waals surface area contributed by atoms with E-state index in [4.69, 9.17) is 9.47 Å². The van der Waals surface area contributed by atoms with Gasteiger partial charge in [0.05, 0.1) is 12.3 Å². The molecule has 0 N–H and O–H groups in total. The maximum atomic E-state index is 11.8. The third-order valence-corrected chi connectivity index (χ3v) is 2.44. The Kier molecular flexibility index (Phi) is 5.77. The average Bonchev–Trinajstić information content (AvgIpc) is 2.68. The zero-order valence-electron chi connectivity index (χ0n) is 11.5. The maximum Gasteiger partial charge on any atom is 0.360 e. The van der Waals surface area contributed by atoms with Crippen molar-refractivity contribution in [2.75, 3.05) is 20.3 Å². The molecule has 0 saturated heterocycles. The zero-order valence-corrected chi connectivity index (χ0v) is 11.5. The molecule has 0 aliphatic rings. The molecule has 0 atom stereocenters. The molecule has 0 aliphatic carbocycles. The highest BCUT2D eigenvalue weighted by Crippen LogP contribution is 2.07. The van der Waals surface area contributed by atoms with E-state index in [2.05, 4.69) is 10.3 Å². The van der Waals surface area contributed by atoms with E-state index in [9.17, 15) is 4.79 Å². The fourth-order valence-electron chi connectivity index (χ4n) is 1.43. The van der Waals surface area contributed by atoms with Gasteiger partial charge in [-0.2, -0.15) is 0 Å². The van der Waals surface area contributed by atoms with Gasteiger partial charge in [0.2, 0.25) is 0 Å². The van der Waals surface area contributed by atoms with Crippen molar-refractivity contribution in [3.8, 4) is 0 Å². The monoisotopic (exact) mass is 255 g/mol. The van der Waals surface area contributed by atoms with Crippen LogP contribution in [0.2, 0.25) is 0 Å². The maximum absolute atomic E-state index is 11.8. The van der Waals surface area contributed by atoms with E-state index in [1.807, 2.05) is 20.8 Å². The van der Waals surface area contributed by atoms with E-state index in [-0.39, 0.29) is 0 Å². The summed E-state index contributed by atoms with van der Waals surface area (Å²) in [6.45, 7) is 7.54. The average molecular weight is 255 g/mol. The highest BCUT2D eigenvalue weighted by molar-refractivity contribution is 5.88. The number of methoxy groups -OCH3 is 1. The lowest BCUT2D eigenvalue weighted by Crippen LogP contribution is -2.12. The molecular weight excluding hydrogens is 234 g/mol. The van der Waals surface area contributed by atoms with Crippen molar-refractivity contribution in [2.45, 2.75) is 33.7 Å². The molecule has 0 unspecified atom stereocenters. The third kappa shape index (κ3) is 4.10. The number of esters is 1. The van der Waals surface area contributed by atoms with Crippen molar-refractivity contribution < 1.29 is 14.3 Å². The summed E-state index contributed by atoms with van der Waals surface area (Å²) in [5.41, 5.74) is 1.04. The molecule has 0 spiro atoms. The number of carbonyl (C=O) groups excluding carboxylic acids is 1. The molecule has 1 rings (SSSR count). The standard InChI is InChI=1S/C12H21N3O3/c1-9(2)8-18-12(16)11-10(3)15(14-13-11)6-5-7-17-4/h9H,5-8H2,1-4H3. The first-order valence-electron chi connectivity index (χ1n) is 6.12. The summed E-state index contributed by atoms with van der Waals surface area (Å²) >= 11 is 0. The van der Waals surface area contributed by atoms with Gasteiger partial charge in [0.1, 0.15) is 0 Å². The minimum Gasteiger partial charge on any atom is -0.461 e. The Morgan fingerprint density at radius 2 is 2.17 bits per heavy atom. The van der Waals surface area contributed by atoms with Gasteiger partial charge >= 0.3 is 5.97 Å². The first-order valence-corrected chi connectivity index (χ1v) is 6.12. The summed E-state index contributed by atoms with van der Waals surface area (Å²) in [6.07, 6.45) is 0.835. The van der Waals surface area contributed by atoms with Crippen LogP contribution in [-0.4, -0.2) is 41.3 Å². The molecule has 6 nitrogen and oxygen atoms in total. The molecule has 0 radical (unpaired) electrons. The highest BCUT2D eigenvalue weighted by Gasteiger charge is 2.17. The molecule has 0 fully saturated rings. The van der Waals surface area contributed by atoms with E-state index >= 15 is 0 Å². The smallest absolute Gasteiger partial charge is 0.360 e. The molecule has 6 heteroatoms. The quantitative estimate of drug-likeness (QED) is 0.545. The normalized spacial score (nSPS) is 10.9. The summed E-state index contributed by atoms with van der Waals surface area (Å²) in [7, 11) is 1.66. The minimum absolute atomic E-state index is 0.299. The van der Waals surface area contributed by atoms with Crippen LogP contribution in [0.4, 0.5) is 0 Å². The Hall–Kier alpha value is -1.43. The lowest BCUT2D eigenvalue weighted by atomic mass is 10.2. The van der Waals surface area contributed by atoms with Gasteiger partial charge in [0.15, 0.2) is 5.69 Å². The molecule has 0 bridgehead atoms. The second-order valence-electron chi connectivity index (χ2n) is 4.59. The molecule has 18 heavy (non-hydrogen) atoms. The topological polar surface area (TPSA) is 66.2 Å². The summed E-state index contributed by atoms with van der Waals surface area (Å²) in [4.78, 5) is 11.8. The number of aromatic nitrogens is 3. The largest absolute Gasteiger partial charge is 0.461 e. The van der Waals surface area contributed by atoms with Crippen molar-refractivity contribution >= 4 is 5.97 Å². The van der Waals surface area contributed by atoms with E-state index < -0.39 is 5.97 Å². The zero-order chi connectivity index (χ0) is 13.5. The Morgan fingerprint density at radius 1 is 1.44 bits per heavy atom. The summed E-state index contributed by atoms with van der Waals surface area (Å²) in [5, 5.41) is 7.82. The Morgan fingerprint density at radius 3 is 2.78 bits per heavy atom. The summed E-state index contributed by atoms with van der Waals surface area (Å²) < 4.78 is 11.8. The van der Waals surface area contributed by atoms with Gasteiger partial charge in [-0.05, 0) is 19.3 Å². The van der Waals surface area contributed by atoms with Crippen LogP contribution in [0.5, 0.6) is 0 Å².